The highest BCUT2D eigenvalue weighted by Crippen LogP contribution is 2.24. The number of halogens is 1. The molecule has 0 fully saturated rings. The largest absolute Gasteiger partial charge is 0.303 e. The molecule has 3 heteroatoms. The molecule has 0 aliphatic rings. The first kappa shape index (κ1) is 13.6. The summed E-state index contributed by atoms with van der Waals surface area (Å²) in [5.74, 6) is 0. The van der Waals surface area contributed by atoms with Crippen molar-refractivity contribution < 1.29 is 0 Å². The van der Waals surface area contributed by atoms with Gasteiger partial charge in [-0.15, -0.1) is 0 Å². The maximum Gasteiger partial charge on any atom is 0.0406 e. The highest BCUT2D eigenvalue weighted by Gasteiger charge is 2.13. The van der Waals surface area contributed by atoms with Crippen molar-refractivity contribution in [2.75, 3.05) is 0 Å². The van der Waals surface area contributed by atoms with Crippen molar-refractivity contribution in [3.8, 4) is 0 Å². The third-order valence-corrected chi connectivity index (χ3v) is 4.13. The zero-order valence-electron chi connectivity index (χ0n) is 10.7. The van der Waals surface area contributed by atoms with E-state index in [1.54, 1.807) is 11.3 Å². The third-order valence-electron chi connectivity index (χ3n) is 3.17. The topological polar surface area (TPSA) is 12.0 Å². The monoisotopic (exact) mass is 279 g/mol. The van der Waals surface area contributed by atoms with E-state index in [1.807, 2.05) is 12.1 Å². The van der Waals surface area contributed by atoms with E-state index in [2.05, 4.69) is 48.1 Å². The summed E-state index contributed by atoms with van der Waals surface area (Å²) < 4.78 is 0. The molecule has 0 radical (unpaired) electrons. The van der Waals surface area contributed by atoms with E-state index in [9.17, 15) is 0 Å². The highest BCUT2D eigenvalue weighted by molar-refractivity contribution is 7.07. The lowest BCUT2D eigenvalue weighted by atomic mass is 10.0. The second-order valence-electron chi connectivity index (χ2n) is 4.46. The molecule has 0 amide bonds. The van der Waals surface area contributed by atoms with Crippen LogP contribution in [0.1, 0.15) is 43.5 Å². The molecule has 1 nitrogen and oxygen atoms in total. The summed E-state index contributed by atoms with van der Waals surface area (Å²) in [4.78, 5) is 0. The second-order valence-corrected chi connectivity index (χ2v) is 5.67. The lowest BCUT2D eigenvalue weighted by molar-refractivity contribution is 0.457. The third kappa shape index (κ3) is 3.35. The molecule has 0 aliphatic heterocycles. The Bertz CT molecular complexity index is 464. The van der Waals surface area contributed by atoms with Crippen LogP contribution < -0.4 is 5.32 Å². The van der Waals surface area contributed by atoms with Gasteiger partial charge in [-0.05, 0) is 53.4 Å². The van der Waals surface area contributed by atoms with Gasteiger partial charge in [0.05, 0.1) is 0 Å². The summed E-state index contributed by atoms with van der Waals surface area (Å²) in [7, 11) is 0. The Morgan fingerprint density at radius 2 is 1.89 bits per heavy atom. The van der Waals surface area contributed by atoms with E-state index in [1.165, 1.54) is 11.1 Å². The smallest absolute Gasteiger partial charge is 0.0406 e. The van der Waals surface area contributed by atoms with Gasteiger partial charge in [-0.25, -0.2) is 0 Å². The standard InChI is InChI=1S/C15H18ClNS/c1-3-15(12-4-6-14(16)7-5-12)17-11(2)13-8-9-18-10-13/h4-11,15,17H,3H2,1-2H3. The van der Waals surface area contributed by atoms with Gasteiger partial charge in [0.2, 0.25) is 0 Å². The van der Waals surface area contributed by atoms with Gasteiger partial charge in [-0.3, -0.25) is 0 Å². The van der Waals surface area contributed by atoms with Crippen LogP contribution >= 0.6 is 22.9 Å². The van der Waals surface area contributed by atoms with Crippen LogP contribution in [0.25, 0.3) is 0 Å². The fourth-order valence-corrected chi connectivity index (χ4v) is 2.94. The molecule has 2 rings (SSSR count). The Kier molecular flexibility index (Phi) is 4.81. The quantitative estimate of drug-likeness (QED) is 0.793. The molecule has 18 heavy (non-hydrogen) atoms. The van der Waals surface area contributed by atoms with Crippen molar-refractivity contribution in [1.82, 2.24) is 5.32 Å². The summed E-state index contributed by atoms with van der Waals surface area (Å²) >= 11 is 7.67. The van der Waals surface area contributed by atoms with Crippen molar-refractivity contribution >= 4 is 22.9 Å². The van der Waals surface area contributed by atoms with Gasteiger partial charge in [0.15, 0.2) is 0 Å². The minimum atomic E-state index is 0.372. The van der Waals surface area contributed by atoms with Crippen LogP contribution in [0.2, 0.25) is 5.02 Å². The lowest BCUT2D eigenvalue weighted by Crippen LogP contribution is -2.23. The lowest BCUT2D eigenvalue weighted by Gasteiger charge is -2.22. The maximum absolute atomic E-state index is 5.93. The SMILES string of the molecule is CCC(NC(C)c1ccsc1)c1ccc(Cl)cc1. The number of hydrogen-bond acceptors (Lipinski definition) is 2. The Labute approximate surface area is 118 Å². The number of benzene rings is 1. The number of nitrogens with one attached hydrogen (secondary N) is 1. The maximum atomic E-state index is 5.93. The van der Waals surface area contributed by atoms with Crippen molar-refractivity contribution in [2.24, 2.45) is 0 Å². The fourth-order valence-electron chi connectivity index (χ4n) is 2.06. The molecule has 1 N–H and O–H groups in total. The summed E-state index contributed by atoms with van der Waals surface area (Å²) in [6.07, 6.45) is 1.07. The molecule has 2 unspecified atom stereocenters. The van der Waals surface area contributed by atoms with Gasteiger partial charge < -0.3 is 5.32 Å². The molecule has 1 aromatic heterocycles. The molecule has 0 aliphatic carbocycles. The summed E-state index contributed by atoms with van der Waals surface area (Å²) in [5.41, 5.74) is 2.65. The number of rotatable bonds is 5. The average Bonchev–Trinajstić information content (AvgIpc) is 2.91. The van der Waals surface area contributed by atoms with Crippen LogP contribution in [-0.2, 0) is 0 Å². The molecule has 96 valence electrons. The predicted octanol–water partition coefficient (Wildman–Crippen LogP) is 5.20. The van der Waals surface area contributed by atoms with Crippen molar-refractivity contribution in [1.29, 1.82) is 0 Å². The molecule has 0 saturated heterocycles. The zero-order valence-corrected chi connectivity index (χ0v) is 12.3. The first-order valence-corrected chi connectivity index (χ1v) is 7.56. The molecular weight excluding hydrogens is 262 g/mol. The first-order valence-electron chi connectivity index (χ1n) is 6.24. The summed E-state index contributed by atoms with van der Waals surface area (Å²) in [6.45, 7) is 4.41. The van der Waals surface area contributed by atoms with Crippen molar-refractivity contribution in [2.45, 2.75) is 32.4 Å². The fraction of sp³-hybridized carbons (Fsp3) is 0.333. The average molecular weight is 280 g/mol. The summed E-state index contributed by atoms with van der Waals surface area (Å²) in [6, 6.07) is 11.0. The minimum Gasteiger partial charge on any atom is -0.303 e. The minimum absolute atomic E-state index is 0.372. The predicted molar refractivity (Wildman–Crippen MR) is 80.4 cm³/mol. The molecule has 1 aromatic carbocycles. The van der Waals surface area contributed by atoms with Crippen molar-refractivity contribution in [3.63, 3.8) is 0 Å². The highest BCUT2D eigenvalue weighted by atomic mass is 35.5. The molecule has 0 spiro atoms. The zero-order chi connectivity index (χ0) is 13.0. The number of thiophene rings is 1. The van der Waals surface area contributed by atoms with Gasteiger partial charge >= 0.3 is 0 Å². The van der Waals surface area contributed by atoms with Crippen LogP contribution in [0.15, 0.2) is 41.1 Å². The van der Waals surface area contributed by atoms with Crippen molar-refractivity contribution in [3.05, 3.63) is 57.2 Å². The Morgan fingerprint density at radius 3 is 2.44 bits per heavy atom. The Morgan fingerprint density at radius 1 is 1.17 bits per heavy atom. The molecule has 0 saturated carbocycles. The second kappa shape index (κ2) is 6.37. The van der Waals surface area contributed by atoms with Crippen LogP contribution in [0.5, 0.6) is 0 Å². The van der Waals surface area contributed by atoms with E-state index in [0.29, 0.717) is 12.1 Å². The van der Waals surface area contributed by atoms with Gasteiger partial charge in [-0.1, -0.05) is 30.7 Å². The van der Waals surface area contributed by atoms with Crippen LogP contribution in [0.3, 0.4) is 0 Å². The van der Waals surface area contributed by atoms with Gasteiger partial charge in [-0.2, -0.15) is 11.3 Å². The van der Waals surface area contributed by atoms with E-state index < -0.39 is 0 Å². The van der Waals surface area contributed by atoms with E-state index in [4.69, 9.17) is 11.6 Å². The van der Waals surface area contributed by atoms with Crippen LogP contribution in [0.4, 0.5) is 0 Å². The van der Waals surface area contributed by atoms with E-state index in [-0.39, 0.29) is 0 Å². The van der Waals surface area contributed by atoms with E-state index >= 15 is 0 Å². The van der Waals surface area contributed by atoms with E-state index in [0.717, 1.165) is 11.4 Å². The molecule has 0 bridgehead atoms. The normalized spacial score (nSPS) is 14.4. The first-order chi connectivity index (χ1) is 8.70. The van der Waals surface area contributed by atoms with Crippen LogP contribution in [0, 0.1) is 0 Å². The van der Waals surface area contributed by atoms with Gasteiger partial charge in [0.1, 0.15) is 0 Å². The summed E-state index contributed by atoms with van der Waals surface area (Å²) in [5, 5.41) is 8.78. The molecule has 2 atom stereocenters. The number of hydrogen-bond donors (Lipinski definition) is 1. The molecule has 2 aromatic rings. The van der Waals surface area contributed by atoms with Crippen LogP contribution in [-0.4, -0.2) is 0 Å². The van der Waals surface area contributed by atoms with Gasteiger partial charge in [0.25, 0.3) is 0 Å². The Hall–Kier alpha value is -0.830. The molecular formula is C15H18ClNS. The Balaban J connectivity index is 2.07. The van der Waals surface area contributed by atoms with Gasteiger partial charge in [0, 0.05) is 17.1 Å². The molecule has 1 heterocycles.